The van der Waals surface area contributed by atoms with Crippen LogP contribution >= 0.6 is 0 Å². The van der Waals surface area contributed by atoms with Gasteiger partial charge in [0, 0.05) is 49.4 Å². The summed E-state index contributed by atoms with van der Waals surface area (Å²) in [5.74, 6) is -0.857. The molecule has 2 bridgehead atoms. The van der Waals surface area contributed by atoms with Gasteiger partial charge < -0.3 is 9.30 Å². The van der Waals surface area contributed by atoms with Crippen molar-refractivity contribution < 1.29 is 22.7 Å². The zero-order valence-corrected chi connectivity index (χ0v) is 18.1. The lowest BCUT2D eigenvalue weighted by atomic mass is 9.98. The van der Waals surface area contributed by atoms with Crippen molar-refractivity contribution in [2.24, 2.45) is 11.0 Å². The van der Waals surface area contributed by atoms with Gasteiger partial charge in [-0.15, -0.1) is 0 Å². The van der Waals surface area contributed by atoms with Crippen LogP contribution in [-0.4, -0.2) is 48.0 Å². The molecule has 1 aromatic heterocycles. The number of carbonyl (C=O) groups excluding carboxylic acids is 1. The molecule has 10 heteroatoms. The quantitative estimate of drug-likeness (QED) is 0.548. The Balaban J connectivity index is 1.52. The van der Waals surface area contributed by atoms with E-state index in [4.69, 9.17) is 4.74 Å². The summed E-state index contributed by atoms with van der Waals surface area (Å²) in [6.07, 6.45) is -1.75. The van der Waals surface area contributed by atoms with Crippen molar-refractivity contribution in [1.29, 1.82) is 0 Å². The van der Waals surface area contributed by atoms with E-state index >= 15 is 0 Å². The van der Waals surface area contributed by atoms with Gasteiger partial charge in [-0.05, 0) is 48.6 Å². The summed E-state index contributed by atoms with van der Waals surface area (Å²) in [5.41, 5.74) is 4.01. The molecule has 2 aromatic rings. The molecule has 2 atom stereocenters. The maximum Gasteiger partial charge on any atom is 0.473 e. The van der Waals surface area contributed by atoms with Crippen LogP contribution in [0.4, 0.5) is 13.2 Å². The molecule has 7 nitrogen and oxygen atoms in total. The third kappa shape index (κ3) is 5.27. The van der Waals surface area contributed by atoms with Crippen LogP contribution in [0.3, 0.4) is 0 Å². The van der Waals surface area contributed by atoms with Crippen molar-refractivity contribution in [3.8, 4) is 5.75 Å². The zero-order chi connectivity index (χ0) is 23.6. The van der Waals surface area contributed by atoms with Crippen LogP contribution in [0, 0.1) is 5.92 Å². The average Bonchev–Trinajstić information content (AvgIpc) is 3.06. The molecule has 1 aromatic carbocycles. The Morgan fingerprint density at radius 1 is 1.21 bits per heavy atom. The Morgan fingerprint density at radius 3 is 2.79 bits per heavy atom. The van der Waals surface area contributed by atoms with Crippen molar-refractivity contribution >= 4 is 12.1 Å². The van der Waals surface area contributed by atoms with E-state index in [2.05, 4.69) is 10.0 Å². The molecule has 0 spiro atoms. The number of rotatable bonds is 5. The number of hydrazone groups is 1. The predicted molar refractivity (Wildman–Crippen MR) is 116 cm³/mol. The minimum atomic E-state index is -4.99. The fraction of sp³-hybridized carbons (Fsp3) is 0.435. The number of nitrogens with one attached hydrogen (secondary N) is 1. The van der Waals surface area contributed by atoms with Gasteiger partial charge in [-0.25, -0.2) is 5.43 Å². The molecule has 4 rings (SSSR count). The van der Waals surface area contributed by atoms with Crippen LogP contribution in [0.25, 0.3) is 0 Å². The van der Waals surface area contributed by atoms with Crippen LogP contribution in [0.5, 0.6) is 5.75 Å². The van der Waals surface area contributed by atoms with Crippen molar-refractivity contribution in [2.75, 3.05) is 20.2 Å². The van der Waals surface area contributed by atoms with E-state index in [1.54, 1.807) is 31.4 Å². The van der Waals surface area contributed by atoms with Crippen molar-refractivity contribution in [3.05, 3.63) is 63.6 Å². The third-order valence-corrected chi connectivity index (χ3v) is 6.20. The Bertz CT molecular complexity index is 1110. The molecule has 1 N–H and O–H groups in total. The number of hydrogen-bond donors (Lipinski definition) is 1. The number of methoxy groups -OCH3 is 1. The van der Waals surface area contributed by atoms with Gasteiger partial charge in [0.1, 0.15) is 5.75 Å². The van der Waals surface area contributed by atoms with Gasteiger partial charge >= 0.3 is 12.1 Å². The Kier molecular flexibility index (Phi) is 6.55. The van der Waals surface area contributed by atoms with Gasteiger partial charge in [0.05, 0.1) is 13.3 Å². The molecular weight excluding hydrogens is 437 g/mol. The first-order chi connectivity index (χ1) is 15.7. The molecule has 1 fully saturated rings. The number of benzene rings is 1. The lowest BCUT2D eigenvalue weighted by molar-refractivity contribution is -0.173. The first-order valence-electron chi connectivity index (χ1n) is 10.7. The molecule has 0 saturated carbocycles. The van der Waals surface area contributed by atoms with Crippen LogP contribution in [-0.2, 0) is 17.9 Å². The number of hydrogen-bond acceptors (Lipinski definition) is 5. The zero-order valence-electron chi connectivity index (χ0n) is 18.1. The number of ether oxygens (including phenoxy) is 1. The summed E-state index contributed by atoms with van der Waals surface area (Å²) in [6.45, 7) is 2.91. The van der Waals surface area contributed by atoms with Crippen molar-refractivity contribution in [3.63, 3.8) is 0 Å². The van der Waals surface area contributed by atoms with Gasteiger partial charge in [0.25, 0.3) is 5.56 Å². The summed E-state index contributed by atoms with van der Waals surface area (Å²) in [4.78, 5) is 25.6. The third-order valence-electron chi connectivity index (χ3n) is 6.20. The van der Waals surface area contributed by atoms with Crippen molar-refractivity contribution in [1.82, 2.24) is 14.9 Å². The summed E-state index contributed by atoms with van der Waals surface area (Å²) in [5, 5.41) is 3.41. The summed E-state index contributed by atoms with van der Waals surface area (Å²) >= 11 is 0. The maximum absolute atomic E-state index is 12.4. The molecule has 33 heavy (non-hydrogen) atoms. The molecule has 2 unspecified atom stereocenters. The largest absolute Gasteiger partial charge is 0.496 e. The van der Waals surface area contributed by atoms with E-state index in [0.29, 0.717) is 30.3 Å². The van der Waals surface area contributed by atoms with E-state index in [1.165, 1.54) is 11.6 Å². The number of carbonyl (C=O) groups is 1. The lowest BCUT2D eigenvalue weighted by Crippen LogP contribution is -2.37. The Morgan fingerprint density at radius 2 is 2.03 bits per heavy atom. The fourth-order valence-corrected chi connectivity index (χ4v) is 4.71. The number of amides is 1. The smallest absolute Gasteiger partial charge is 0.473 e. The molecule has 1 amide bonds. The van der Waals surface area contributed by atoms with Crippen LogP contribution in [0.2, 0.25) is 0 Å². The van der Waals surface area contributed by atoms with Crippen molar-refractivity contribution in [2.45, 2.75) is 38.0 Å². The number of halogens is 3. The number of aromatic nitrogens is 1. The van der Waals surface area contributed by atoms with Gasteiger partial charge in [-0.2, -0.15) is 18.3 Å². The molecule has 2 aliphatic rings. The highest BCUT2D eigenvalue weighted by atomic mass is 19.4. The number of alkyl halides is 3. The second-order valence-corrected chi connectivity index (χ2v) is 8.50. The molecule has 3 heterocycles. The van der Waals surface area contributed by atoms with Gasteiger partial charge in [0.2, 0.25) is 0 Å². The minimum Gasteiger partial charge on any atom is -0.496 e. The van der Waals surface area contributed by atoms with E-state index < -0.39 is 12.1 Å². The highest BCUT2D eigenvalue weighted by Crippen LogP contribution is 2.34. The number of fused-ring (bicyclic) bond motifs is 5. The minimum absolute atomic E-state index is 0.0455. The summed E-state index contributed by atoms with van der Waals surface area (Å²) < 4.78 is 44.4. The van der Waals surface area contributed by atoms with Gasteiger partial charge in [-0.1, -0.05) is 6.07 Å². The molecule has 2 aliphatic heterocycles. The highest BCUT2D eigenvalue weighted by Gasteiger charge is 2.38. The number of nitrogens with zero attached hydrogens (tertiary/aromatic N) is 3. The topological polar surface area (TPSA) is 75.9 Å². The van der Waals surface area contributed by atoms with Crippen LogP contribution in [0.1, 0.15) is 35.6 Å². The van der Waals surface area contributed by atoms with E-state index in [0.717, 1.165) is 37.2 Å². The van der Waals surface area contributed by atoms with Gasteiger partial charge in [0.15, 0.2) is 0 Å². The molecule has 1 saturated heterocycles. The van der Waals surface area contributed by atoms with Crippen LogP contribution < -0.4 is 15.7 Å². The highest BCUT2D eigenvalue weighted by molar-refractivity contribution is 5.85. The number of pyridine rings is 1. The first kappa shape index (κ1) is 23.0. The molecule has 176 valence electrons. The lowest BCUT2D eigenvalue weighted by Gasteiger charge is -2.31. The Labute approximate surface area is 188 Å². The van der Waals surface area contributed by atoms with E-state index in [1.807, 2.05) is 16.7 Å². The van der Waals surface area contributed by atoms with Gasteiger partial charge in [-0.3, -0.25) is 14.5 Å². The first-order valence-corrected chi connectivity index (χ1v) is 10.7. The molecule has 0 radical (unpaired) electrons. The molecular formula is C23H25F3N4O3. The number of likely N-dealkylation sites (tertiary alicyclic amines) is 1. The Hall–Kier alpha value is -3.14. The molecule has 0 aliphatic carbocycles. The fourth-order valence-electron chi connectivity index (χ4n) is 4.71. The average molecular weight is 462 g/mol. The van der Waals surface area contributed by atoms with E-state index in [9.17, 15) is 22.8 Å². The second-order valence-electron chi connectivity index (χ2n) is 8.50. The SMILES string of the molecule is COc1ccc(/C=N/NC(=O)C(F)(F)F)cc1CN1CC2CCC(C1)c1cccc(=O)n1C2. The summed E-state index contributed by atoms with van der Waals surface area (Å²) in [7, 11) is 1.57. The normalized spacial score (nSPS) is 20.8. The van der Waals surface area contributed by atoms with Crippen LogP contribution in [0.15, 0.2) is 46.3 Å². The summed E-state index contributed by atoms with van der Waals surface area (Å²) in [6, 6.07) is 10.6. The monoisotopic (exact) mass is 462 g/mol. The predicted octanol–water partition coefficient (Wildman–Crippen LogP) is 2.88. The second kappa shape index (κ2) is 9.38. The van der Waals surface area contributed by atoms with E-state index in [-0.39, 0.29) is 11.5 Å². The maximum atomic E-state index is 12.4. The standard InChI is InChI=1S/C23H25F3N4O3/c1-33-20-8-6-15(10-27-28-22(32)23(24,25)26)9-18(20)14-29-11-16-5-7-17(13-29)19-3-2-4-21(31)30(19)12-16/h2-4,6,8-10,16-17H,5,7,11-14H2,1H3,(H,28,32)/b27-10+.